The number of halogens is 1. The van der Waals surface area contributed by atoms with Crippen LogP contribution in [0, 0.1) is 0 Å². The zero-order valence-corrected chi connectivity index (χ0v) is 14.4. The van der Waals surface area contributed by atoms with Crippen LogP contribution in [0.4, 0.5) is 0 Å². The second kappa shape index (κ2) is 6.29. The first-order chi connectivity index (χ1) is 11.7. The SMILES string of the molecule is CCc1cc(Cl)c2nc(CCc3cccc4ccccc34)[nH]c2c1. The van der Waals surface area contributed by atoms with E-state index in [2.05, 4.69) is 60.4 Å². The molecule has 4 rings (SSSR count). The number of imidazole rings is 1. The summed E-state index contributed by atoms with van der Waals surface area (Å²) in [7, 11) is 0. The molecule has 0 radical (unpaired) electrons. The Hall–Kier alpha value is -2.32. The third-order valence-corrected chi connectivity index (χ3v) is 4.86. The van der Waals surface area contributed by atoms with Crippen molar-refractivity contribution in [3.63, 3.8) is 0 Å². The van der Waals surface area contributed by atoms with E-state index >= 15 is 0 Å². The van der Waals surface area contributed by atoms with Gasteiger partial charge in [-0.25, -0.2) is 4.98 Å². The van der Waals surface area contributed by atoms with Gasteiger partial charge in [-0.1, -0.05) is 61.0 Å². The fraction of sp³-hybridized carbons (Fsp3) is 0.190. The number of hydrogen-bond donors (Lipinski definition) is 1. The van der Waals surface area contributed by atoms with Crippen molar-refractivity contribution >= 4 is 33.4 Å². The van der Waals surface area contributed by atoms with Gasteiger partial charge in [0.2, 0.25) is 0 Å². The van der Waals surface area contributed by atoms with Crippen LogP contribution in [-0.2, 0) is 19.3 Å². The Morgan fingerprint density at radius 1 is 1.00 bits per heavy atom. The molecule has 0 unspecified atom stereocenters. The molecule has 0 saturated carbocycles. The van der Waals surface area contributed by atoms with E-state index in [1.165, 1.54) is 21.9 Å². The van der Waals surface area contributed by atoms with Crippen molar-refractivity contribution in [3.8, 4) is 0 Å². The molecule has 0 spiro atoms. The summed E-state index contributed by atoms with van der Waals surface area (Å²) in [6.07, 6.45) is 2.81. The number of H-pyrrole nitrogens is 1. The average molecular weight is 335 g/mol. The van der Waals surface area contributed by atoms with Crippen LogP contribution in [0.1, 0.15) is 23.9 Å². The Morgan fingerprint density at radius 2 is 1.83 bits per heavy atom. The number of rotatable bonds is 4. The van der Waals surface area contributed by atoms with Crippen LogP contribution in [-0.4, -0.2) is 9.97 Å². The average Bonchev–Trinajstić information content (AvgIpc) is 3.03. The predicted octanol–water partition coefficient (Wildman–Crippen LogP) is 5.72. The fourth-order valence-corrected chi connectivity index (χ4v) is 3.55. The zero-order valence-electron chi connectivity index (χ0n) is 13.6. The fourth-order valence-electron chi connectivity index (χ4n) is 3.27. The van der Waals surface area contributed by atoms with Crippen LogP contribution in [0.25, 0.3) is 21.8 Å². The lowest BCUT2D eigenvalue weighted by molar-refractivity contribution is 0.896. The summed E-state index contributed by atoms with van der Waals surface area (Å²) in [6, 6.07) is 19.2. The van der Waals surface area contributed by atoms with Crippen LogP contribution in [0.2, 0.25) is 5.02 Å². The van der Waals surface area contributed by atoms with Gasteiger partial charge >= 0.3 is 0 Å². The standard InChI is InChI=1S/C21H19ClN2/c1-2-14-12-18(22)21-19(13-14)23-20(24-21)11-10-16-8-5-7-15-6-3-4-9-17(15)16/h3-9,12-13H,2,10-11H2,1H3,(H,23,24). The van der Waals surface area contributed by atoms with Crippen molar-refractivity contribution in [2.45, 2.75) is 26.2 Å². The maximum Gasteiger partial charge on any atom is 0.107 e. The summed E-state index contributed by atoms with van der Waals surface area (Å²) in [5.41, 5.74) is 4.50. The Bertz CT molecular complexity index is 1010. The van der Waals surface area contributed by atoms with Gasteiger partial charge in [0.1, 0.15) is 11.3 Å². The number of aromatic amines is 1. The molecular weight excluding hydrogens is 316 g/mol. The van der Waals surface area contributed by atoms with E-state index in [0.717, 1.165) is 41.1 Å². The quantitative estimate of drug-likeness (QED) is 0.508. The molecule has 120 valence electrons. The molecule has 3 aromatic carbocycles. The first-order valence-corrected chi connectivity index (χ1v) is 8.76. The van der Waals surface area contributed by atoms with Crippen LogP contribution in [0.5, 0.6) is 0 Å². The van der Waals surface area contributed by atoms with Crippen molar-refractivity contribution < 1.29 is 0 Å². The van der Waals surface area contributed by atoms with Crippen LogP contribution in [0.15, 0.2) is 54.6 Å². The van der Waals surface area contributed by atoms with Crippen LogP contribution in [0.3, 0.4) is 0 Å². The first-order valence-electron chi connectivity index (χ1n) is 8.38. The van der Waals surface area contributed by atoms with Gasteiger partial charge in [-0.3, -0.25) is 0 Å². The van der Waals surface area contributed by atoms with Gasteiger partial charge in [-0.2, -0.15) is 0 Å². The summed E-state index contributed by atoms with van der Waals surface area (Å²) in [5, 5.41) is 3.34. The van der Waals surface area contributed by atoms with Crippen LogP contribution >= 0.6 is 11.6 Å². The molecule has 0 saturated heterocycles. The summed E-state index contributed by atoms with van der Waals surface area (Å²) in [5.74, 6) is 0.994. The van der Waals surface area contributed by atoms with E-state index < -0.39 is 0 Å². The van der Waals surface area contributed by atoms with E-state index in [0.29, 0.717) is 0 Å². The molecule has 1 aromatic heterocycles. The highest BCUT2D eigenvalue weighted by atomic mass is 35.5. The molecule has 0 aliphatic carbocycles. The molecule has 24 heavy (non-hydrogen) atoms. The number of aryl methyl sites for hydroxylation is 3. The minimum atomic E-state index is 0.733. The first kappa shape index (κ1) is 15.2. The number of nitrogens with one attached hydrogen (secondary N) is 1. The van der Waals surface area contributed by atoms with Gasteiger partial charge in [-0.15, -0.1) is 0 Å². The minimum absolute atomic E-state index is 0.733. The molecule has 0 aliphatic rings. The van der Waals surface area contributed by atoms with Crippen molar-refractivity contribution in [2.75, 3.05) is 0 Å². The lowest BCUT2D eigenvalue weighted by Gasteiger charge is -2.05. The predicted molar refractivity (Wildman–Crippen MR) is 102 cm³/mol. The van der Waals surface area contributed by atoms with Crippen molar-refractivity contribution in [1.29, 1.82) is 0 Å². The van der Waals surface area contributed by atoms with Gasteiger partial charge in [0.15, 0.2) is 0 Å². The molecule has 0 atom stereocenters. The third kappa shape index (κ3) is 2.78. The molecule has 3 heteroatoms. The highest BCUT2D eigenvalue weighted by molar-refractivity contribution is 6.35. The maximum absolute atomic E-state index is 6.37. The van der Waals surface area contributed by atoms with Crippen molar-refractivity contribution in [1.82, 2.24) is 9.97 Å². The maximum atomic E-state index is 6.37. The van der Waals surface area contributed by atoms with E-state index in [-0.39, 0.29) is 0 Å². The van der Waals surface area contributed by atoms with Crippen molar-refractivity contribution in [3.05, 3.63) is 76.6 Å². The molecule has 2 nitrogen and oxygen atoms in total. The topological polar surface area (TPSA) is 28.7 Å². The van der Waals surface area contributed by atoms with Gasteiger partial charge in [-0.05, 0) is 46.9 Å². The van der Waals surface area contributed by atoms with Gasteiger partial charge in [0.25, 0.3) is 0 Å². The number of nitrogens with zero attached hydrogens (tertiary/aromatic N) is 1. The summed E-state index contributed by atoms with van der Waals surface area (Å²) >= 11 is 6.37. The lowest BCUT2D eigenvalue weighted by Crippen LogP contribution is -1.94. The number of benzene rings is 3. The Labute approximate surface area is 146 Å². The molecule has 1 heterocycles. The summed E-state index contributed by atoms with van der Waals surface area (Å²) in [4.78, 5) is 8.13. The molecule has 0 bridgehead atoms. The smallest absolute Gasteiger partial charge is 0.107 e. The van der Waals surface area contributed by atoms with Gasteiger partial charge < -0.3 is 4.98 Å². The third-order valence-electron chi connectivity index (χ3n) is 4.57. The number of aromatic nitrogens is 2. The van der Waals surface area contributed by atoms with E-state index in [1.807, 2.05) is 6.07 Å². The number of fused-ring (bicyclic) bond motifs is 2. The van der Waals surface area contributed by atoms with Gasteiger partial charge in [0.05, 0.1) is 10.5 Å². The Kier molecular flexibility index (Phi) is 3.99. The molecule has 4 aromatic rings. The lowest BCUT2D eigenvalue weighted by atomic mass is 10.0. The van der Waals surface area contributed by atoms with E-state index in [9.17, 15) is 0 Å². The minimum Gasteiger partial charge on any atom is -0.342 e. The number of hydrogen-bond acceptors (Lipinski definition) is 1. The zero-order chi connectivity index (χ0) is 16.5. The summed E-state index contributed by atoms with van der Waals surface area (Å²) in [6.45, 7) is 2.13. The second-order valence-electron chi connectivity index (χ2n) is 6.15. The molecule has 1 N–H and O–H groups in total. The second-order valence-corrected chi connectivity index (χ2v) is 6.56. The molecular formula is C21H19ClN2. The normalized spacial score (nSPS) is 11.4. The molecule has 0 fully saturated rings. The Balaban J connectivity index is 1.63. The van der Waals surface area contributed by atoms with Crippen molar-refractivity contribution in [2.24, 2.45) is 0 Å². The van der Waals surface area contributed by atoms with Gasteiger partial charge in [0, 0.05) is 6.42 Å². The Morgan fingerprint density at radius 3 is 2.71 bits per heavy atom. The van der Waals surface area contributed by atoms with E-state index in [4.69, 9.17) is 16.6 Å². The monoisotopic (exact) mass is 334 g/mol. The largest absolute Gasteiger partial charge is 0.342 e. The molecule has 0 amide bonds. The highest BCUT2D eigenvalue weighted by Gasteiger charge is 2.09. The molecule has 0 aliphatic heterocycles. The van der Waals surface area contributed by atoms with Crippen LogP contribution < -0.4 is 0 Å². The highest BCUT2D eigenvalue weighted by Crippen LogP contribution is 2.25. The van der Waals surface area contributed by atoms with E-state index in [1.54, 1.807) is 0 Å². The summed E-state index contributed by atoms with van der Waals surface area (Å²) < 4.78 is 0.